The minimum absolute atomic E-state index is 0.0979. The highest BCUT2D eigenvalue weighted by Crippen LogP contribution is 2.66. The van der Waals surface area contributed by atoms with Crippen molar-refractivity contribution in [2.24, 2.45) is 39.5 Å². The highest BCUT2D eigenvalue weighted by molar-refractivity contribution is 5.84. The summed E-state index contributed by atoms with van der Waals surface area (Å²) in [4.78, 5) is 4.97. The van der Waals surface area contributed by atoms with Crippen molar-refractivity contribution in [1.82, 2.24) is 0 Å². The SMILES string of the molecule is C[C@]12CCCCC1CC[C@@H]1[C@@H]2CC[C@]2(C)C(N=Cc3cc([NH+]([O-])O)ccc3O)CC[C@@H]12. The highest BCUT2D eigenvalue weighted by atomic mass is 16.8. The van der Waals surface area contributed by atoms with E-state index < -0.39 is 5.23 Å². The maximum Gasteiger partial charge on any atom is 0.164 e. The molecule has 31 heavy (non-hydrogen) atoms. The Morgan fingerprint density at radius 1 is 1.00 bits per heavy atom. The minimum Gasteiger partial charge on any atom is -0.595 e. The lowest BCUT2D eigenvalue weighted by atomic mass is 9.45. The smallest absolute Gasteiger partial charge is 0.164 e. The summed E-state index contributed by atoms with van der Waals surface area (Å²) in [5.41, 5.74) is 1.49. The standard InChI is InChI=1S/C26H38N2O3/c1-25-13-4-3-5-18(25)6-8-20-21-9-11-24(26(21,2)14-12-22(20)25)27-16-17-15-19(28(30)31)7-10-23(17)29/h7,10,15-16,18,20-22,24,28-30H,3-6,8-9,11-14H2,1-2H3/t18?,20-,21-,22-,24?,25-,26-/m0/s1. The van der Waals surface area contributed by atoms with Gasteiger partial charge < -0.3 is 10.3 Å². The van der Waals surface area contributed by atoms with E-state index >= 15 is 0 Å². The Bertz CT molecular complexity index is 855. The van der Waals surface area contributed by atoms with Crippen LogP contribution < -0.4 is 5.23 Å². The van der Waals surface area contributed by atoms with E-state index in [2.05, 4.69) is 13.8 Å². The Labute approximate surface area is 186 Å². The van der Waals surface area contributed by atoms with Crippen LogP contribution in [0.3, 0.4) is 0 Å². The lowest BCUT2D eigenvalue weighted by molar-refractivity contribution is -0.991. The molecule has 1 aromatic rings. The number of quaternary nitrogens is 1. The van der Waals surface area contributed by atoms with Crippen molar-refractivity contribution in [2.45, 2.75) is 84.1 Å². The predicted octanol–water partition coefficient (Wildman–Crippen LogP) is 5.02. The average Bonchev–Trinajstić information content (AvgIpc) is 3.09. The number of nitrogens with zero attached hydrogens (tertiary/aromatic N) is 1. The molecule has 5 nitrogen and oxygen atoms in total. The van der Waals surface area contributed by atoms with E-state index in [1.807, 2.05) is 0 Å². The molecule has 0 spiro atoms. The van der Waals surface area contributed by atoms with E-state index in [-0.39, 0.29) is 22.9 Å². The molecule has 4 fully saturated rings. The van der Waals surface area contributed by atoms with Crippen LogP contribution in [0.4, 0.5) is 5.69 Å². The molecule has 0 aliphatic heterocycles. The molecular weight excluding hydrogens is 388 g/mol. The molecule has 3 unspecified atom stereocenters. The van der Waals surface area contributed by atoms with E-state index in [1.165, 1.54) is 76.0 Å². The molecule has 4 aliphatic rings. The average molecular weight is 427 g/mol. The highest BCUT2D eigenvalue weighted by Gasteiger charge is 2.59. The van der Waals surface area contributed by atoms with Crippen molar-refractivity contribution in [2.75, 3.05) is 0 Å². The van der Waals surface area contributed by atoms with Crippen LogP contribution in [0, 0.1) is 39.7 Å². The molecule has 0 bridgehead atoms. The molecule has 4 aliphatic carbocycles. The van der Waals surface area contributed by atoms with Crippen LogP contribution in [0.5, 0.6) is 5.75 Å². The van der Waals surface area contributed by atoms with Gasteiger partial charge in [0.15, 0.2) is 5.69 Å². The monoisotopic (exact) mass is 426 g/mol. The Hall–Kier alpha value is -1.43. The van der Waals surface area contributed by atoms with Gasteiger partial charge in [-0.25, -0.2) is 5.21 Å². The summed E-state index contributed by atoms with van der Waals surface area (Å²) in [6.45, 7) is 5.09. The number of hydrogen-bond acceptors (Lipinski definition) is 4. The van der Waals surface area contributed by atoms with Crippen molar-refractivity contribution in [3.63, 3.8) is 0 Å². The summed E-state index contributed by atoms with van der Waals surface area (Å²) in [6, 6.07) is 4.69. The van der Waals surface area contributed by atoms with Crippen LogP contribution in [0.15, 0.2) is 23.2 Å². The number of aromatic hydroxyl groups is 1. The molecule has 3 N–H and O–H groups in total. The van der Waals surface area contributed by atoms with Gasteiger partial charge in [-0.15, -0.1) is 0 Å². The van der Waals surface area contributed by atoms with Crippen molar-refractivity contribution in [3.05, 3.63) is 29.0 Å². The summed E-state index contributed by atoms with van der Waals surface area (Å²) in [5, 5.41) is 29.8. The first-order valence-electron chi connectivity index (χ1n) is 12.4. The molecule has 170 valence electrons. The topological polar surface area (TPSA) is 80.3 Å². The number of hydrogen-bond donors (Lipinski definition) is 3. The second-order valence-corrected chi connectivity index (χ2v) is 11.4. The van der Waals surface area contributed by atoms with Crippen LogP contribution in [0.25, 0.3) is 0 Å². The van der Waals surface area contributed by atoms with Gasteiger partial charge in [0.2, 0.25) is 0 Å². The Balaban J connectivity index is 1.36. The van der Waals surface area contributed by atoms with Crippen LogP contribution >= 0.6 is 0 Å². The van der Waals surface area contributed by atoms with E-state index in [0.29, 0.717) is 11.0 Å². The molecule has 0 amide bonds. The third-order valence-electron chi connectivity index (χ3n) is 10.2. The fourth-order valence-electron chi connectivity index (χ4n) is 8.47. The lowest BCUT2D eigenvalue weighted by Crippen LogP contribution is -2.99. The van der Waals surface area contributed by atoms with Crippen molar-refractivity contribution in [3.8, 4) is 5.75 Å². The number of nitrogens with one attached hydrogen (secondary N) is 1. The van der Waals surface area contributed by atoms with Gasteiger partial charge in [-0.3, -0.25) is 4.99 Å². The molecular formula is C26H38N2O3. The fourth-order valence-corrected chi connectivity index (χ4v) is 8.47. The van der Waals surface area contributed by atoms with Crippen LogP contribution in [0.1, 0.15) is 83.6 Å². The second-order valence-electron chi connectivity index (χ2n) is 11.4. The normalized spacial score (nSPS) is 43.3. The van der Waals surface area contributed by atoms with Crippen LogP contribution in [0.2, 0.25) is 0 Å². The van der Waals surface area contributed by atoms with Gasteiger partial charge in [-0.05, 0) is 91.9 Å². The number of aliphatic imine (C=N–C) groups is 1. The van der Waals surface area contributed by atoms with Gasteiger partial charge in [0.05, 0.1) is 6.04 Å². The van der Waals surface area contributed by atoms with E-state index in [0.717, 1.165) is 30.1 Å². The summed E-state index contributed by atoms with van der Waals surface area (Å²) < 4.78 is 0. The Morgan fingerprint density at radius 3 is 2.61 bits per heavy atom. The first kappa shape index (κ1) is 21.4. The van der Waals surface area contributed by atoms with E-state index in [4.69, 9.17) is 4.99 Å². The molecule has 1 aromatic carbocycles. The lowest BCUT2D eigenvalue weighted by Gasteiger charge is -2.60. The molecule has 5 heteroatoms. The fraction of sp³-hybridized carbons (Fsp3) is 0.731. The number of benzene rings is 1. The number of phenols is 1. The molecule has 4 saturated carbocycles. The first-order valence-corrected chi connectivity index (χ1v) is 12.4. The van der Waals surface area contributed by atoms with Crippen molar-refractivity contribution < 1.29 is 15.5 Å². The summed E-state index contributed by atoms with van der Waals surface area (Å²) in [7, 11) is 0. The Kier molecular flexibility index (Phi) is 5.43. The minimum atomic E-state index is -0.979. The predicted molar refractivity (Wildman–Crippen MR) is 122 cm³/mol. The zero-order chi connectivity index (χ0) is 21.8. The third-order valence-corrected chi connectivity index (χ3v) is 10.2. The maximum atomic E-state index is 11.3. The van der Waals surface area contributed by atoms with E-state index in [1.54, 1.807) is 6.21 Å². The first-order chi connectivity index (χ1) is 14.8. The summed E-state index contributed by atoms with van der Waals surface area (Å²) in [6.07, 6.45) is 15.3. The Morgan fingerprint density at radius 2 is 1.81 bits per heavy atom. The molecule has 5 rings (SSSR count). The number of phenolic OH excluding ortho intramolecular Hbond substituents is 1. The zero-order valence-electron chi connectivity index (χ0n) is 19.0. The molecule has 0 aromatic heterocycles. The van der Waals surface area contributed by atoms with Gasteiger partial charge in [-0.2, -0.15) is 5.23 Å². The molecule has 0 radical (unpaired) electrons. The largest absolute Gasteiger partial charge is 0.595 e. The van der Waals surface area contributed by atoms with Gasteiger partial charge in [0, 0.05) is 23.9 Å². The van der Waals surface area contributed by atoms with Gasteiger partial charge >= 0.3 is 0 Å². The van der Waals surface area contributed by atoms with Crippen molar-refractivity contribution >= 4 is 11.9 Å². The van der Waals surface area contributed by atoms with Gasteiger partial charge in [-0.1, -0.05) is 26.7 Å². The quantitative estimate of drug-likeness (QED) is 0.361. The van der Waals surface area contributed by atoms with Gasteiger partial charge in [0.1, 0.15) is 5.75 Å². The van der Waals surface area contributed by atoms with Crippen LogP contribution in [-0.2, 0) is 0 Å². The molecule has 0 heterocycles. The van der Waals surface area contributed by atoms with E-state index in [9.17, 15) is 15.5 Å². The van der Waals surface area contributed by atoms with Gasteiger partial charge in [0.25, 0.3) is 0 Å². The number of fused-ring (bicyclic) bond motifs is 5. The number of rotatable bonds is 3. The summed E-state index contributed by atoms with van der Waals surface area (Å²) in [5.74, 6) is 3.55. The second kappa shape index (κ2) is 7.86. The maximum absolute atomic E-state index is 11.3. The third kappa shape index (κ3) is 3.44. The molecule has 8 atom stereocenters. The molecule has 0 saturated heterocycles. The zero-order valence-corrected chi connectivity index (χ0v) is 19.0. The van der Waals surface area contributed by atoms with Crippen LogP contribution in [-0.4, -0.2) is 22.6 Å². The summed E-state index contributed by atoms with van der Waals surface area (Å²) >= 11 is 0. The van der Waals surface area contributed by atoms with Crippen molar-refractivity contribution in [1.29, 1.82) is 0 Å².